The van der Waals surface area contributed by atoms with Crippen LogP contribution in [0.5, 0.6) is 5.75 Å². The van der Waals surface area contributed by atoms with E-state index in [2.05, 4.69) is 10.1 Å². The summed E-state index contributed by atoms with van der Waals surface area (Å²) in [5.74, 6) is -0.759. The highest BCUT2D eigenvalue weighted by Crippen LogP contribution is 2.26. The quantitative estimate of drug-likeness (QED) is 0.914. The molecule has 2 aromatic rings. The average molecular weight is 330 g/mol. The first-order valence-corrected chi connectivity index (χ1v) is 6.60. The van der Waals surface area contributed by atoms with Crippen LogP contribution in [0.1, 0.15) is 15.9 Å². The zero-order valence-electron chi connectivity index (χ0n) is 11.2. The number of hydrogen-bond acceptors (Lipinski definition) is 2. The number of carbonyl (C=O) groups excluding carboxylic acids is 1. The van der Waals surface area contributed by atoms with E-state index in [1.54, 1.807) is 18.2 Å². The standard InChI is InChI=1S/C15H11ClF3NO2/c16-12-7-5-10(6-8-12)14(21)20-9-11-3-1-2-4-13(11)22-15(17,18)19/h1-8H,9H2,(H,20,21). The fourth-order valence-electron chi connectivity index (χ4n) is 1.75. The van der Waals surface area contributed by atoms with Crippen LogP contribution in [0, 0.1) is 0 Å². The second kappa shape index (κ2) is 6.70. The SMILES string of the molecule is O=C(NCc1ccccc1OC(F)(F)F)c1ccc(Cl)cc1. The van der Waals surface area contributed by atoms with Crippen molar-refractivity contribution in [3.63, 3.8) is 0 Å². The molecule has 0 aliphatic heterocycles. The summed E-state index contributed by atoms with van der Waals surface area (Å²) in [6, 6.07) is 11.8. The molecule has 0 aromatic heterocycles. The monoisotopic (exact) mass is 329 g/mol. The highest BCUT2D eigenvalue weighted by molar-refractivity contribution is 6.30. The van der Waals surface area contributed by atoms with Crippen molar-refractivity contribution in [3.05, 3.63) is 64.7 Å². The summed E-state index contributed by atoms with van der Waals surface area (Å²) in [7, 11) is 0. The van der Waals surface area contributed by atoms with Crippen molar-refractivity contribution in [1.82, 2.24) is 5.32 Å². The average Bonchev–Trinajstić information content (AvgIpc) is 2.45. The lowest BCUT2D eigenvalue weighted by molar-refractivity contribution is -0.274. The van der Waals surface area contributed by atoms with Gasteiger partial charge in [0.05, 0.1) is 0 Å². The molecule has 0 fully saturated rings. The Morgan fingerprint density at radius 3 is 2.36 bits per heavy atom. The molecule has 0 aliphatic rings. The van der Waals surface area contributed by atoms with E-state index < -0.39 is 12.3 Å². The second-order valence-electron chi connectivity index (χ2n) is 4.35. The molecule has 0 saturated carbocycles. The Morgan fingerprint density at radius 2 is 1.73 bits per heavy atom. The number of para-hydroxylation sites is 1. The van der Waals surface area contributed by atoms with Crippen LogP contribution >= 0.6 is 11.6 Å². The summed E-state index contributed by atoms with van der Waals surface area (Å²) in [6.45, 7) is -0.0896. The zero-order chi connectivity index (χ0) is 16.2. The Bertz CT molecular complexity index is 657. The molecule has 0 bridgehead atoms. The van der Waals surface area contributed by atoms with Crippen molar-refractivity contribution < 1.29 is 22.7 Å². The minimum atomic E-state index is -4.78. The normalized spacial score (nSPS) is 11.1. The van der Waals surface area contributed by atoms with Gasteiger partial charge in [-0.1, -0.05) is 29.8 Å². The summed E-state index contributed by atoms with van der Waals surface area (Å²) >= 11 is 5.72. The molecule has 2 aromatic carbocycles. The van der Waals surface area contributed by atoms with Crippen molar-refractivity contribution >= 4 is 17.5 Å². The maximum absolute atomic E-state index is 12.3. The van der Waals surface area contributed by atoms with Crippen LogP contribution in [-0.4, -0.2) is 12.3 Å². The van der Waals surface area contributed by atoms with Gasteiger partial charge >= 0.3 is 6.36 Å². The minimum absolute atomic E-state index is 0.0896. The molecule has 2 rings (SSSR count). The van der Waals surface area contributed by atoms with Crippen molar-refractivity contribution in [1.29, 1.82) is 0 Å². The molecule has 0 saturated heterocycles. The molecule has 0 radical (unpaired) electrons. The lowest BCUT2D eigenvalue weighted by Crippen LogP contribution is -2.24. The number of nitrogens with one attached hydrogen (secondary N) is 1. The van der Waals surface area contributed by atoms with Crippen LogP contribution < -0.4 is 10.1 Å². The van der Waals surface area contributed by atoms with Gasteiger partial charge in [-0.2, -0.15) is 0 Å². The Kier molecular flexibility index (Phi) is 4.92. The summed E-state index contributed by atoms with van der Waals surface area (Å²) in [5, 5.41) is 3.02. The molecule has 3 nitrogen and oxygen atoms in total. The molecule has 7 heteroatoms. The Labute approximate surface area is 129 Å². The number of hydrogen-bond donors (Lipinski definition) is 1. The van der Waals surface area contributed by atoms with Crippen LogP contribution in [0.3, 0.4) is 0 Å². The van der Waals surface area contributed by atoms with E-state index in [0.717, 1.165) is 0 Å². The van der Waals surface area contributed by atoms with E-state index in [-0.39, 0.29) is 17.9 Å². The van der Waals surface area contributed by atoms with E-state index in [9.17, 15) is 18.0 Å². The highest BCUT2D eigenvalue weighted by Gasteiger charge is 2.31. The minimum Gasteiger partial charge on any atom is -0.405 e. The van der Waals surface area contributed by atoms with Crippen molar-refractivity contribution in [2.75, 3.05) is 0 Å². The topological polar surface area (TPSA) is 38.3 Å². The number of halogens is 4. The van der Waals surface area contributed by atoms with E-state index in [4.69, 9.17) is 11.6 Å². The molecule has 1 amide bonds. The van der Waals surface area contributed by atoms with E-state index in [1.807, 2.05) is 0 Å². The maximum Gasteiger partial charge on any atom is 0.573 e. The van der Waals surface area contributed by atoms with Gasteiger partial charge in [0.15, 0.2) is 0 Å². The first-order valence-electron chi connectivity index (χ1n) is 6.22. The first-order chi connectivity index (χ1) is 10.3. The largest absolute Gasteiger partial charge is 0.573 e. The number of carbonyl (C=O) groups is 1. The van der Waals surface area contributed by atoms with Gasteiger partial charge in [0.2, 0.25) is 0 Å². The van der Waals surface area contributed by atoms with Gasteiger partial charge in [0, 0.05) is 22.7 Å². The van der Waals surface area contributed by atoms with Crippen molar-refractivity contribution in [2.24, 2.45) is 0 Å². The van der Waals surface area contributed by atoms with Gasteiger partial charge < -0.3 is 10.1 Å². The number of ether oxygens (including phenoxy) is 1. The number of rotatable bonds is 4. The van der Waals surface area contributed by atoms with Gasteiger partial charge in [-0.05, 0) is 30.3 Å². The smallest absolute Gasteiger partial charge is 0.405 e. The molecule has 0 aliphatic carbocycles. The second-order valence-corrected chi connectivity index (χ2v) is 4.78. The molecule has 116 valence electrons. The zero-order valence-corrected chi connectivity index (χ0v) is 11.9. The first kappa shape index (κ1) is 16.2. The highest BCUT2D eigenvalue weighted by atomic mass is 35.5. The lowest BCUT2D eigenvalue weighted by atomic mass is 10.2. The number of alkyl halides is 3. The van der Waals surface area contributed by atoms with Gasteiger partial charge in [0.1, 0.15) is 5.75 Å². The van der Waals surface area contributed by atoms with Gasteiger partial charge in [-0.25, -0.2) is 0 Å². The summed E-state index contributed by atoms with van der Waals surface area (Å²) < 4.78 is 40.8. The van der Waals surface area contributed by atoms with E-state index in [0.29, 0.717) is 10.6 Å². The number of amides is 1. The van der Waals surface area contributed by atoms with Crippen molar-refractivity contribution in [3.8, 4) is 5.75 Å². The van der Waals surface area contributed by atoms with Gasteiger partial charge in [-0.15, -0.1) is 13.2 Å². The maximum atomic E-state index is 12.3. The third-order valence-corrected chi connectivity index (χ3v) is 3.00. The third-order valence-electron chi connectivity index (χ3n) is 2.74. The third kappa shape index (κ3) is 4.66. The molecule has 0 heterocycles. The molecule has 22 heavy (non-hydrogen) atoms. The predicted octanol–water partition coefficient (Wildman–Crippen LogP) is 4.17. The van der Waals surface area contributed by atoms with E-state index >= 15 is 0 Å². The van der Waals surface area contributed by atoms with Crippen molar-refractivity contribution in [2.45, 2.75) is 12.9 Å². The molecule has 0 spiro atoms. The molecule has 1 N–H and O–H groups in total. The molecular formula is C15H11ClF3NO2. The molecular weight excluding hydrogens is 319 g/mol. The summed E-state index contributed by atoms with van der Waals surface area (Å²) in [4.78, 5) is 11.9. The fourth-order valence-corrected chi connectivity index (χ4v) is 1.88. The van der Waals surface area contributed by atoms with Gasteiger partial charge in [-0.3, -0.25) is 4.79 Å². The van der Waals surface area contributed by atoms with Crippen LogP contribution in [0.4, 0.5) is 13.2 Å². The summed E-state index contributed by atoms with van der Waals surface area (Å²) in [6.07, 6.45) is -4.78. The Balaban J connectivity index is 2.05. The number of benzene rings is 2. The summed E-state index contributed by atoms with van der Waals surface area (Å²) in [5.41, 5.74) is 0.584. The molecule has 0 atom stereocenters. The van der Waals surface area contributed by atoms with Crippen LogP contribution in [0.25, 0.3) is 0 Å². The van der Waals surface area contributed by atoms with Crippen LogP contribution in [-0.2, 0) is 6.54 Å². The van der Waals surface area contributed by atoms with Crippen LogP contribution in [0.2, 0.25) is 5.02 Å². The fraction of sp³-hybridized carbons (Fsp3) is 0.133. The van der Waals surface area contributed by atoms with Gasteiger partial charge in [0.25, 0.3) is 5.91 Å². The van der Waals surface area contributed by atoms with E-state index in [1.165, 1.54) is 30.3 Å². The lowest BCUT2D eigenvalue weighted by Gasteiger charge is -2.13. The molecule has 0 unspecified atom stereocenters. The predicted molar refractivity (Wildman–Crippen MR) is 75.7 cm³/mol. The Morgan fingerprint density at radius 1 is 1.09 bits per heavy atom. The van der Waals surface area contributed by atoms with Crippen LogP contribution in [0.15, 0.2) is 48.5 Å². The Hall–Kier alpha value is -2.21.